The van der Waals surface area contributed by atoms with Gasteiger partial charge in [-0.05, 0) is 29.8 Å². The smallest absolute Gasteiger partial charge is 0.175 e. The molecule has 2 aromatic rings. The first-order valence-corrected chi connectivity index (χ1v) is 8.31. The number of sulfone groups is 1. The molecular formula is C15H18N2O3S. The molecule has 0 aliphatic rings. The van der Waals surface area contributed by atoms with Crippen molar-refractivity contribution >= 4 is 15.5 Å². The van der Waals surface area contributed by atoms with Crippen molar-refractivity contribution in [2.24, 2.45) is 0 Å². The van der Waals surface area contributed by atoms with Gasteiger partial charge in [0.1, 0.15) is 5.75 Å². The van der Waals surface area contributed by atoms with Gasteiger partial charge in [0.05, 0.1) is 12.0 Å². The number of hydrogen-bond acceptors (Lipinski definition) is 5. The Balaban J connectivity index is 2.13. The summed E-state index contributed by atoms with van der Waals surface area (Å²) in [7, 11) is -1.80. The van der Waals surface area contributed by atoms with Crippen LogP contribution in [0.5, 0.6) is 5.75 Å². The molecule has 0 radical (unpaired) electrons. The van der Waals surface area contributed by atoms with Gasteiger partial charge in [0.25, 0.3) is 0 Å². The Morgan fingerprint density at radius 2 is 1.81 bits per heavy atom. The van der Waals surface area contributed by atoms with Crippen LogP contribution in [-0.4, -0.2) is 21.8 Å². The highest BCUT2D eigenvalue weighted by Crippen LogP contribution is 2.22. The first-order chi connectivity index (χ1) is 10.0. The summed E-state index contributed by atoms with van der Waals surface area (Å²) in [6.07, 6.45) is 1.19. The molecule has 21 heavy (non-hydrogen) atoms. The number of methoxy groups -OCH3 is 1. The lowest BCUT2D eigenvalue weighted by molar-refractivity contribution is 0.413. The minimum absolute atomic E-state index is 0.268. The van der Waals surface area contributed by atoms with Crippen molar-refractivity contribution in [1.29, 1.82) is 0 Å². The van der Waals surface area contributed by atoms with E-state index >= 15 is 0 Å². The van der Waals surface area contributed by atoms with E-state index in [4.69, 9.17) is 4.74 Å². The van der Waals surface area contributed by atoms with E-state index < -0.39 is 9.84 Å². The number of anilines is 1. The summed E-state index contributed by atoms with van der Waals surface area (Å²) in [6.45, 7) is 0.376. The van der Waals surface area contributed by atoms with E-state index in [-0.39, 0.29) is 4.90 Å². The molecule has 0 aliphatic carbocycles. The van der Waals surface area contributed by atoms with Gasteiger partial charge in [0.2, 0.25) is 0 Å². The number of hydrazine groups is 1. The van der Waals surface area contributed by atoms with E-state index in [9.17, 15) is 8.42 Å². The largest absolute Gasteiger partial charge is 0.497 e. The summed E-state index contributed by atoms with van der Waals surface area (Å²) in [5.41, 5.74) is 7.63. The Bertz CT molecular complexity index is 700. The normalized spacial score (nSPS) is 11.1. The lowest BCUT2D eigenvalue weighted by Gasteiger charge is -2.12. The van der Waals surface area contributed by atoms with Crippen molar-refractivity contribution in [3.63, 3.8) is 0 Å². The first-order valence-electron chi connectivity index (χ1n) is 6.41. The second kappa shape index (κ2) is 6.60. The Morgan fingerprint density at radius 1 is 1.10 bits per heavy atom. The highest BCUT2D eigenvalue weighted by molar-refractivity contribution is 7.90. The summed E-state index contributed by atoms with van der Waals surface area (Å²) >= 11 is 0. The third kappa shape index (κ3) is 4.21. The van der Waals surface area contributed by atoms with Crippen LogP contribution in [-0.2, 0) is 16.4 Å². The van der Waals surface area contributed by atoms with Crippen LogP contribution in [0.1, 0.15) is 5.56 Å². The molecule has 0 saturated carbocycles. The van der Waals surface area contributed by atoms with Gasteiger partial charge in [-0.1, -0.05) is 24.3 Å². The maximum Gasteiger partial charge on any atom is 0.175 e. The molecule has 0 aliphatic heterocycles. The second-order valence-electron chi connectivity index (χ2n) is 4.59. The quantitative estimate of drug-likeness (QED) is 0.801. The van der Waals surface area contributed by atoms with Crippen molar-refractivity contribution in [1.82, 2.24) is 5.43 Å². The standard InChI is InChI=1S/C15H18N2O3S/c1-20-14-9-8-12(15(10-14)21(2,18)19)11-16-17-13-6-4-3-5-7-13/h3-10,16-17H,11H2,1-2H3. The Morgan fingerprint density at radius 3 is 2.43 bits per heavy atom. The third-order valence-corrected chi connectivity index (χ3v) is 4.14. The number of para-hydroxylation sites is 1. The highest BCUT2D eigenvalue weighted by Gasteiger charge is 2.14. The summed E-state index contributed by atoms with van der Waals surface area (Å²) in [5, 5.41) is 0. The molecule has 0 fully saturated rings. The van der Waals surface area contributed by atoms with Crippen molar-refractivity contribution in [2.45, 2.75) is 11.4 Å². The minimum Gasteiger partial charge on any atom is -0.497 e. The van der Waals surface area contributed by atoms with Crippen LogP contribution in [0.25, 0.3) is 0 Å². The number of hydrogen-bond donors (Lipinski definition) is 2. The summed E-state index contributed by atoms with van der Waals surface area (Å²) < 4.78 is 28.8. The van der Waals surface area contributed by atoms with E-state index in [1.54, 1.807) is 12.1 Å². The molecule has 0 spiro atoms. The fourth-order valence-electron chi connectivity index (χ4n) is 1.92. The van der Waals surface area contributed by atoms with Gasteiger partial charge in [-0.25, -0.2) is 13.8 Å². The number of ether oxygens (including phenoxy) is 1. The summed E-state index contributed by atoms with van der Waals surface area (Å²) in [6, 6.07) is 14.6. The SMILES string of the molecule is COc1ccc(CNNc2ccccc2)c(S(C)(=O)=O)c1. The zero-order valence-electron chi connectivity index (χ0n) is 12.0. The molecule has 0 atom stereocenters. The van der Waals surface area contributed by atoms with Gasteiger partial charge < -0.3 is 10.2 Å². The molecule has 2 rings (SSSR count). The van der Waals surface area contributed by atoms with Crippen LogP contribution in [0.3, 0.4) is 0 Å². The average molecular weight is 306 g/mol. The highest BCUT2D eigenvalue weighted by atomic mass is 32.2. The summed E-state index contributed by atoms with van der Waals surface area (Å²) in [4.78, 5) is 0.268. The molecular weight excluding hydrogens is 288 g/mol. The van der Waals surface area contributed by atoms with E-state index in [1.807, 2.05) is 30.3 Å². The molecule has 0 bridgehead atoms. The average Bonchev–Trinajstić information content (AvgIpc) is 2.47. The molecule has 2 aromatic carbocycles. The van der Waals surface area contributed by atoms with Crippen LogP contribution >= 0.6 is 0 Å². The fourth-order valence-corrected chi connectivity index (χ4v) is 2.86. The van der Waals surface area contributed by atoms with E-state index in [1.165, 1.54) is 19.4 Å². The molecule has 112 valence electrons. The fraction of sp³-hybridized carbons (Fsp3) is 0.200. The van der Waals surface area contributed by atoms with Gasteiger partial charge in [0, 0.05) is 18.5 Å². The molecule has 0 saturated heterocycles. The Labute approximate surface area is 124 Å². The van der Waals surface area contributed by atoms with Crippen LogP contribution < -0.4 is 15.6 Å². The summed E-state index contributed by atoms with van der Waals surface area (Å²) in [5.74, 6) is 0.523. The second-order valence-corrected chi connectivity index (χ2v) is 6.57. The van der Waals surface area contributed by atoms with Crippen LogP contribution in [0.15, 0.2) is 53.4 Å². The molecule has 0 aromatic heterocycles. The first kappa shape index (κ1) is 15.3. The third-order valence-electron chi connectivity index (χ3n) is 2.96. The topological polar surface area (TPSA) is 67.4 Å². The predicted molar refractivity (Wildman–Crippen MR) is 83.0 cm³/mol. The monoisotopic (exact) mass is 306 g/mol. The lowest BCUT2D eigenvalue weighted by atomic mass is 10.2. The maximum atomic E-state index is 11.9. The van der Waals surface area contributed by atoms with Crippen LogP contribution in [0.2, 0.25) is 0 Å². The van der Waals surface area contributed by atoms with Gasteiger partial charge in [0.15, 0.2) is 9.84 Å². The van der Waals surface area contributed by atoms with Crippen molar-refractivity contribution in [2.75, 3.05) is 18.8 Å². The van der Waals surface area contributed by atoms with Crippen molar-refractivity contribution < 1.29 is 13.2 Å². The number of benzene rings is 2. The maximum absolute atomic E-state index is 11.9. The zero-order valence-corrected chi connectivity index (χ0v) is 12.8. The van der Waals surface area contributed by atoms with Gasteiger partial charge in [-0.15, -0.1) is 0 Å². The predicted octanol–water partition coefficient (Wildman–Crippen LogP) is 2.22. The van der Waals surface area contributed by atoms with E-state index in [2.05, 4.69) is 10.9 Å². The Hall–Kier alpha value is -2.05. The molecule has 6 heteroatoms. The van der Waals surface area contributed by atoms with Gasteiger partial charge in [-0.2, -0.15) is 0 Å². The number of rotatable bonds is 6. The molecule has 0 heterocycles. The van der Waals surface area contributed by atoms with Crippen LogP contribution in [0.4, 0.5) is 5.69 Å². The molecule has 5 nitrogen and oxygen atoms in total. The van der Waals surface area contributed by atoms with Crippen molar-refractivity contribution in [3.05, 3.63) is 54.1 Å². The molecule has 2 N–H and O–H groups in total. The van der Waals surface area contributed by atoms with Gasteiger partial charge >= 0.3 is 0 Å². The van der Waals surface area contributed by atoms with Gasteiger partial charge in [-0.3, -0.25) is 0 Å². The zero-order chi connectivity index (χ0) is 15.3. The van der Waals surface area contributed by atoms with Crippen molar-refractivity contribution in [3.8, 4) is 5.75 Å². The minimum atomic E-state index is -3.31. The molecule has 0 amide bonds. The van der Waals surface area contributed by atoms with E-state index in [0.29, 0.717) is 17.9 Å². The number of nitrogens with one attached hydrogen (secondary N) is 2. The Kier molecular flexibility index (Phi) is 4.82. The lowest BCUT2D eigenvalue weighted by Crippen LogP contribution is -2.22. The molecule has 0 unspecified atom stereocenters. The van der Waals surface area contributed by atoms with Crippen LogP contribution in [0, 0.1) is 0 Å². The van der Waals surface area contributed by atoms with E-state index in [0.717, 1.165) is 5.69 Å².